The van der Waals surface area contributed by atoms with Crippen molar-refractivity contribution in [2.75, 3.05) is 20.7 Å². The largest absolute Gasteiger partial charge is 0.495 e. The maximum absolute atomic E-state index is 9.13. The third kappa shape index (κ3) is 2.33. The molecular formula is C14H19N3O. The molecular weight excluding hydrogens is 226 g/mol. The molecule has 0 bridgehead atoms. The molecule has 1 fully saturated rings. The Balaban J connectivity index is 2.35. The Morgan fingerprint density at radius 3 is 2.89 bits per heavy atom. The van der Waals surface area contributed by atoms with Gasteiger partial charge < -0.3 is 10.5 Å². The van der Waals surface area contributed by atoms with Gasteiger partial charge in [0.2, 0.25) is 0 Å². The van der Waals surface area contributed by atoms with Gasteiger partial charge in [-0.05, 0) is 44.1 Å². The van der Waals surface area contributed by atoms with Crippen LogP contribution in [0.1, 0.15) is 30.0 Å². The summed E-state index contributed by atoms with van der Waals surface area (Å²) in [6.07, 6.45) is 2.17. The Bertz CT molecular complexity index is 457. The van der Waals surface area contributed by atoms with Crippen LogP contribution in [-0.2, 0) is 0 Å². The first kappa shape index (κ1) is 12.9. The number of nitriles is 1. The third-order valence-electron chi connectivity index (χ3n) is 3.61. The molecule has 0 aliphatic carbocycles. The molecule has 0 spiro atoms. The zero-order valence-electron chi connectivity index (χ0n) is 10.9. The number of piperidine rings is 1. The molecule has 0 saturated carbocycles. The van der Waals surface area contributed by atoms with Crippen LogP contribution in [0, 0.1) is 11.3 Å². The summed E-state index contributed by atoms with van der Waals surface area (Å²) in [4.78, 5) is 2.26. The molecule has 18 heavy (non-hydrogen) atoms. The molecule has 1 aromatic carbocycles. The summed E-state index contributed by atoms with van der Waals surface area (Å²) in [5.74, 6) is 0.619. The minimum atomic E-state index is 0.128. The van der Waals surface area contributed by atoms with E-state index < -0.39 is 0 Å². The van der Waals surface area contributed by atoms with Gasteiger partial charge in [0.25, 0.3) is 0 Å². The fourth-order valence-electron chi connectivity index (χ4n) is 2.70. The fourth-order valence-corrected chi connectivity index (χ4v) is 2.70. The van der Waals surface area contributed by atoms with Crippen LogP contribution >= 0.6 is 0 Å². The minimum absolute atomic E-state index is 0.128. The lowest BCUT2D eigenvalue weighted by Gasteiger charge is -2.37. The van der Waals surface area contributed by atoms with Gasteiger partial charge in [-0.15, -0.1) is 0 Å². The van der Waals surface area contributed by atoms with Crippen molar-refractivity contribution in [3.8, 4) is 11.8 Å². The third-order valence-corrected chi connectivity index (χ3v) is 3.61. The topological polar surface area (TPSA) is 62.3 Å². The first-order valence-electron chi connectivity index (χ1n) is 6.21. The fraction of sp³-hybridized carbons (Fsp3) is 0.500. The van der Waals surface area contributed by atoms with Crippen LogP contribution in [0.25, 0.3) is 0 Å². The van der Waals surface area contributed by atoms with E-state index in [4.69, 9.17) is 15.7 Å². The average Bonchev–Trinajstić information content (AvgIpc) is 2.38. The van der Waals surface area contributed by atoms with Crippen molar-refractivity contribution in [2.24, 2.45) is 5.73 Å². The van der Waals surface area contributed by atoms with E-state index in [-0.39, 0.29) is 12.1 Å². The molecule has 0 amide bonds. The van der Waals surface area contributed by atoms with Crippen LogP contribution in [0.4, 0.5) is 0 Å². The first-order chi connectivity index (χ1) is 8.67. The molecule has 2 N–H and O–H groups in total. The quantitative estimate of drug-likeness (QED) is 0.860. The van der Waals surface area contributed by atoms with E-state index in [1.165, 1.54) is 0 Å². The van der Waals surface area contributed by atoms with Crippen molar-refractivity contribution in [3.05, 3.63) is 29.3 Å². The van der Waals surface area contributed by atoms with E-state index >= 15 is 0 Å². The van der Waals surface area contributed by atoms with E-state index in [1.54, 1.807) is 7.11 Å². The maximum Gasteiger partial charge on any atom is 0.136 e. The number of ether oxygens (including phenoxy) is 1. The second kappa shape index (κ2) is 5.38. The second-order valence-corrected chi connectivity index (χ2v) is 4.80. The summed E-state index contributed by atoms with van der Waals surface area (Å²) >= 11 is 0. The minimum Gasteiger partial charge on any atom is -0.495 e. The highest BCUT2D eigenvalue weighted by Gasteiger charge is 2.28. The summed E-state index contributed by atoms with van der Waals surface area (Å²) in [5.41, 5.74) is 7.88. The lowest BCUT2D eigenvalue weighted by atomic mass is 9.90. The monoisotopic (exact) mass is 245 g/mol. The van der Waals surface area contributed by atoms with Crippen molar-refractivity contribution in [1.29, 1.82) is 5.26 Å². The number of hydrogen-bond acceptors (Lipinski definition) is 4. The number of hydrogen-bond donors (Lipinski definition) is 1. The highest BCUT2D eigenvalue weighted by molar-refractivity contribution is 5.46. The molecule has 4 nitrogen and oxygen atoms in total. The zero-order valence-corrected chi connectivity index (χ0v) is 10.9. The number of methoxy groups -OCH3 is 1. The van der Waals surface area contributed by atoms with Crippen LogP contribution in [0.3, 0.4) is 0 Å². The predicted molar refractivity (Wildman–Crippen MR) is 70.3 cm³/mol. The number of likely N-dealkylation sites (N-methyl/N-ethyl adjacent to an activating group) is 1. The molecule has 0 aromatic heterocycles. The van der Waals surface area contributed by atoms with Gasteiger partial charge in [0.1, 0.15) is 11.8 Å². The zero-order chi connectivity index (χ0) is 13.1. The van der Waals surface area contributed by atoms with Crippen LogP contribution < -0.4 is 10.5 Å². The lowest BCUT2D eigenvalue weighted by molar-refractivity contribution is 0.163. The molecule has 2 unspecified atom stereocenters. The van der Waals surface area contributed by atoms with Gasteiger partial charge >= 0.3 is 0 Å². The van der Waals surface area contributed by atoms with Crippen molar-refractivity contribution < 1.29 is 4.74 Å². The molecule has 1 aliphatic rings. The molecule has 4 heteroatoms. The molecule has 2 atom stereocenters. The van der Waals surface area contributed by atoms with Gasteiger partial charge in [0.15, 0.2) is 0 Å². The Kier molecular flexibility index (Phi) is 3.85. The highest BCUT2D eigenvalue weighted by Crippen LogP contribution is 2.31. The van der Waals surface area contributed by atoms with E-state index in [2.05, 4.69) is 18.0 Å². The summed E-state index contributed by atoms with van der Waals surface area (Å²) in [5, 5.41) is 9.13. The molecule has 2 rings (SSSR count). The van der Waals surface area contributed by atoms with Crippen LogP contribution in [0.15, 0.2) is 18.2 Å². The number of benzene rings is 1. The molecule has 1 aliphatic heterocycles. The van der Waals surface area contributed by atoms with Gasteiger partial charge in [0, 0.05) is 12.1 Å². The van der Waals surface area contributed by atoms with Crippen molar-refractivity contribution in [1.82, 2.24) is 4.90 Å². The van der Waals surface area contributed by atoms with Crippen LogP contribution in [0.5, 0.6) is 5.75 Å². The van der Waals surface area contributed by atoms with Gasteiger partial charge in [-0.2, -0.15) is 5.26 Å². The summed E-state index contributed by atoms with van der Waals surface area (Å²) < 4.78 is 5.16. The highest BCUT2D eigenvalue weighted by atomic mass is 16.5. The van der Waals surface area contributed by atoms with E-state index in [0.717, 1.165) is 24.9 Å². The standard InChI is InChI=1S/C14H19N3O/c1-17-7-3-4-12(16)14(17)10-5-6-13(18-2)11(8-10)9-15/h5-6,8,12,14H,3-4,7,16H2,1-2H3. The normalized spacial score (nSPS) is 24.6. The Labute approximate surface area is 108 Å². The van der Waals surface area contributed by atoms with Crippen LogP contribution in [-0.4, -0.2) is 31.6 Å². The molecule has 1 aromatic rings. The van der Waals surface area contributed by atoms with Gasteiger partial charge in [-0.1, -0.05) is 6.07 Å². The Morgan fingerprint density at radius 1 is 1.50 bits per heavy atom. The predicted octanol–water partition coefficient (Wildman–Crippen LogP) is 1.66. The Hall–Kier alpha value is -1.57. The Morgan fingerprint density at radius 2 is 2.28 bits per heavy atom. The average molecular weight is 245 g/mol. The lowest BCUT2D eigenvalue weighted by Crippen LogP contribution is -2.43. The van der Waals surface area contributed by atoms with Gasteiger partial charge in [-0.25, -0.2) is 0 Å². The first-order valence-corrected chi connectivity index (χ1v) is 6.21. The number of nitrogens with zero attached hydrogens (tertiary/aromatic N) is 2. The van der Waals surface area contributed by atoms with Crippen molar-refractivity contribution >= 4 is 0 Å². The van der Waals surface area contributed by atoms with Gasteiger partial charge in [-0.3, -0.25) is 4.90 Å². The summed E-state index contributed by atoms with van der Waals surface area (Å²) in [7, 11) is 3.66. The molecule has 1 saturated heterocycles. The number of nitrogens with two attached hydrogens (primary N) is 1. The number of likely N-dealkylation sites (tertiary alicyclic amines) is 1. The molecule has 96 valence electrons. The van der Waals surface area contributed by atoms with E-state index in [9.17, 15) is 0 Å². The maximum atomic E-state index is 9.13. The van der Waals surface area contributed by atoms with Crippen molar-refractivity contribution in [3.63, 3.8) is 0 Å². The second-order valence-electron chi connectivity index (χ2n) is 4.80. The van der Waals surface area contributed by atoms with E-state index in [1.807, 2.05) is 18.2 Å². The summed E-state index contributed by atoms with van der Waals surface area (Å²) in [6, 6.07) is 8.24. The van der Waals surface area contributed by atoms with Crippen molar-refractivity contribution in [2.45, 2.75) is 24.9 Å². The molecule has 1 heterocycles. The SMILES string of the molecule is COc1ccc(C2C(N)CCCN2C)cc1C#N. The van der Waals surface area contributed by atoms with E-state index in [0.29, 0.717) is 11.3 Å². The number of rotatable bonds is 2. The van der Waals surface area contributed by atoms with Crippen LogP contribution in [0.2, 0.25) is 0 Å². The van der Waals surface area contributed by atoms with Gasteiger partial charge in [0.05, 0.1) is 12.7 Å². The summed E-state index contributed by atoms with van der Waals surface area (Å²) in [6.45, 7) is 1.05. The smallest absolute Gasteiger partial charge is 0.136 e. The molecule has 0 radical (unpaired) electrons.